The van der Waals surface area contributed by atoms with E-state index in [1.807, 2.05) is 0 Å². The molecule has 0 saturated heterocycles. The van der Waals surface area contributed by atoms with Crippen LogP contribution in [0.4, 0.5) is 0 Å². The lowest BCUT2D eigenvalue weighted by Crippen LogP contribution is -2.59. The summed E-state index contributed by atoms with van der Waals surface area (Å²) in [5.74, 6) is 3.01. The summed E-state index contributed by atoms with van der Waals surface area (Å²) in [5.41, 5.74) is 1.57. The van der Waals surface area contributed by atoms with Crippen LogP contribution in [0.3, 0.4) is 0 Å². The summed E-state index contributed by atoms with van der Waals surface area (Å²) >= 11 is 0. The van der Waals surface area contributed by atoms with Gasteiger partial charge in [0, 0.05) is 12.0 Å². The van der Waals surface area contributed by atoms with Crippen LogP contribution in [-0.4, -0.2) is 11.4 Å². The summed E-state index contributed by atoms with van der Waals surface area (Å²) in [5, 5.41) is 3.48. The molecule has 23 heavy (non-hydrogen) atoms. The van der Waals surface area contributed by atoms with Crippen LogP contribution in [0, 0.1) is 17.8 Å². The molecule has 0 aromatic heterocycles. The first-order valence-corrected chi connectivity index (χ1v) is 9.56. The fourth-order valence-corrected chi connectivity index (χ4v) is 5.88. The Balaban J connectivity index is 1.23. The van der Waals surface area contributed by atoms with Crippen molar-refractivity contribution in [2.24, 2.45) is 17.8 Å². The Bertz CT molecular complexity index is 515. The van der Waals surface area contributed by atoms with Gasteiger partial charge in [-0.1, -0.05) is 30.3 Å². The maximum Gasteiger partial charge on any atom is 0.220 e. The Labute approximate surface area is 140 Å². The second kappa shape index (κ2) is 6.30. The van der Waals surface area contributed by atoms with Gasteiger partial charge in [0.05, 0.1) is 0 Å². The lowest BCUT2D eigenvalue weighted by Gasteiger charge is -2.56. The summed E-state index contributed by atoms with van der Waals surface area (Å²) in [6, 6.07) is 10.6. The Morgan fingerprint density at radius 1 is 0.957 bits per heavy atom. The van der Waals surface area contributed by atoms with E-state index in [0.717, 1.165) is 37.0 Å². The summed E-state index contributed by atoms with van der Waals surface area (Å²) in [4.78, 5) is 12.4. The summed E-state index contributed by atoms with van der Waals surface area (Å²) in [7, 11) is 0. The number of benzene rings is 1. The van der Waals surface area contributed by atoms with Crippen molar-refractivity contribution in [1.29, 1.82) is 0 Å². The van der Waals surface area contributed by atoms with Crippen molar-refractivity contribution in [3.63, 3.8) is 0 Å². The molecule has 0 heterocycles. The van der Waals surface area contributed by atoms with Crippen molar-refractivity contribution in [1.82, 2.24) is 5.32 Å². The maximum atomic E-state index is 12.4. The zero-order valence-electron chi connectivity index (χ0n) is 14.1. The fraction of sp³-hybridized carbons (Fsp3) is 0.667. The smallest absolute Gasteiger partial charge is 0.220 e. The van der Waals surface area contributed by atoms with E-state index in [4.69, 9.17) is 0 Å². The topological polar surface area (TPSA) is 29.1 Å². The minimum absolute atomic E-state index is 0.186. The van der Waals surface area contributed by atoms with E-state index < -0.39 is 0 Å². The predicted octanol–water partition coefficient (Wildman–Crippen LogP) is 4.48. The number of hydrogen-bond acceptors (Lipinski definition) is 1. The molecule has 0 radical (unpaired) electrons. The van der Waals surface area contributed by atoms with Crippen LogP contribution in [0.2, 0.25) is 0 Å². The highest BCUT2D eigenvalue weighted by Gasteiger charge is 2.51. The van der Waals surface area contributed by atoms with Gasteiger partial charge in [-0.25, -0.2) is 0 Å². The number of carbonyl (C=O) groups is 1. The Morgan fingerprint density at radius 2 is 1.57 bits per heavy atom. The first kappa shape index (κ1) is 15.2. The highest BCUT2D eigenvalue weighted by atomic mass is 16.1. The van der Waals surface area contributed by atoms with Gasteiger partial charge in [-0.05, 0) is 81.1 Å². The molecule has 0 unspecified atom stereocenters. The summed E-state index contributed by atoms with van der Waals surface area (Å²) in [6.07, 6.45) is 12.0. The molecule has 0 spiro atoms. The normalized spacial score (nSPS) is 34.5. The van der Waals surface area contributed by atoms with Crippen LogP contribution in [-0.2, 0) is 11.2 Å². The third kappa shape index (κ3) is 3.46. The Morgan fingerprint density at radius 3 is 2.17 bits per heavy atom. The number of unbranched alkanes of at least 4 members (excludes halogenated alkanes) is 1. The number of carbonyl (C=O) groups excluding carboxylic acids is 1. The number of nitrogens with one attached hydrogen (secondary N) is 1. The van der Waals surface area contributed by atoms with Crippen LogP contribution in [0.15, 0.2) is 30.3 Å². The van der Waals surface area contributed by atoms with E-state index in [1.54, 1.807) is 0 Å². The highest BCUT2D eigenvalue weighted by molar-refractivity contribution is 5.76. The highest BCUT2D eigenvalue weighted by Crippen LogP contribution is 2.55. The van der Waals surface area contributed by atoms with E-state index in [-0.39, 0.29) is 5.54 Å². The molecule has 1 N–H and O–H groups in total. The third-order valence-corrected chi connectivity index (χ3v) is 6.40. The SMILES string of the molecule is O=C(CCCCc1ccccc1)NC12CC3CC(CC(C3)C1)C2. The first-order chi connectivity index (χ1) is 11.2. The van der Waals surface area contributed by atoms with Crippen molar-refractivity contribution in [2.75, 3.05) is 0 Å². The van der Waals surface area contributed by atoms with Crippen LogP contribution in [0.5, 0.6) is 0 Å². The molecule has 4 saturated carbocycles. The maximum absolute atomic E-state index is 12.4. The van der Waals surface area contributed by atoms with Crippen molar-refractivity contribution in [2.45, 2.75) is 69.7 Å². The zero-order valence-corrected chi connectivity index (χ0v) is 14.1. The molecule has 1 amide bonds. The summed E-state index contributed by atoms with van der Waals surface area (Å²) in [6.45, 7) is 0. The monoisotopic (exact) mass is 311 g/mol. The van der Waals surface area contributed by atoms with Crippen molar-refractivity contribution in [3.8, 4) is 0 Å². The minimum Gasteiger partial charge on any atom is -0.351 e. The molecule has 0 atom stereocenters. The van der Waals surface area contributed by atoms with E-state index in [2.05, 4.69) is 35.6 Å². The van der Waals surface area contributed by atoms with Gasteiger partial charge < -0.3 is 5.32 Å². The van der Waals surface area contributed by atoms with Crippen molar-refractivity contribution >= 4 is 5.91 Å². The third-order valence-electron chi connectivity index (χ3n) is 6.40. The second-order valence-corrected chi connectivity index (χ2v) is 8.44. The van der Waals surface area contributed by atoms with Gasteiger partial charge in [-0.15, -0.1) is 0 Å². The number of amides is 1. The molecule has 2 heteroatoms. The molecule has 0 aliphatic heterocycles. The van der Waals surface area contributed by atoms with E-state index in [0.29, 0.717) is 12.3 Å². The average molecular weight is 311 g/mol. The van der Waals surface area contributed by atoms with Crippen molar-refractivity contribution in [3.05, 3.63) is 35.9 Å². The van der Waals surface area contributed by atoms with E-state index >= 15 is 0 Å². The standard InChI is InChI=1S/C21H29NO/c23-20(9-5-4-8-16-6-2-1-3-7-16)22-21-13-17-10-18(14-21)12-19(11-17)15-21/h1-3,6-7,17-19H,4-5,8-15H2,(H,22,23). The van der Waals surface area contributed by atoms with E-state index in [1.165, 1.54) is 44.1 Å². The zero-order chi connectivity index (χ0) is 15.7. The molecule has 5 rings (SSSR count). The molecule has 4 aliphatic carbocycles. The quantitative estimate of drug-likeness (QED) is 0.771. The molecule has 124 valence electrons. The molecule has 4 aliphatic rings. The molecule has 4 bridgehead atoms. The van der Waals surface area contributed by atoms with Gasteiger partial charge in [0.2, 0.25) is 5.91 Å². The fourth-order valence-electron chi connectivity index (χ4n) is 5.88. The van der Waals surface area contributed by atoms with Crippen LogP contribution in [0.25, 0.3) is 0 Å². The summed E-state index contributed by atoms with van der Waals surface area (Å²) < 4.78 is 0. The van der Waals surface area contributed by atoms with Crippen molar-refractivity contribution < 1.29 is 4.79 Å². The first-order valence-electron chi connectivity index (χ1n) is 9.56. The largest absolute Gasteiger partial charge is 0.351 e. The molecular weight excluding hydrogens is 282 g/mol. The van der Waals surface area contributed by atoms with Gasteiger partial charge in [0.15, 0.2) is 0 Å². The van der Waals surface area contributed by atoms with Crippen LogP contribution >= 0.6 is 0 Å². The Hall–Kier alpha value is -1.31. The minimum atomic E-state index is 0.186. The van der Waals surface area contributed by atoms with Gasteiger partial charge in [-0.3, -0.25) is 4.79 Å². The average Bonchev–Trinajstić information content (AvgIpc) is 2.51. The molecule has 1 aromatic rings. The van der Waals surface area contributed by atoms with Crippen LogP contribution < -0.4 is 5.32 Å². The lowest BCUT2D eigenvalue weighted by atomic mass is 9.53. The van der Waals surface area contributed by atoms with Gasteiger partial charge in [0.25, 0.3) is 0 Å². The Kier molecular flexibility index (Phi) is 4.17. The molecular formula is C21H29NO. The van der Waals surface area contributed by atoms with Gasteiger partial charge >= 0.3 is 0 Å². The predicted molar refractivity (Wildman–Crippen MR) is 93.0 cm³/mol. The number of hydrogen-bond donors (Lipinski definition) is 1. The van der Waals surface area contributed by atoms with Crippen LogP contribution in [0.1, 0.15) is 63.4 Å². The number of rotatable bonds is 6. The molecule has 4 fully saturated rings. The molecule has 2 nitrogen and oxygen atoms in total. The van der Waals surface area contributed by atoms with Gasteiger partial charge in [0.1, 0.15) is 0 Å². The number of aryl methyl sites for hydroxylation is 1. The molecule has 1 aromatic carbocycles. The van der Waals surface area contributed by atoms with Gasteiger partial charge in [-0.2, -0.15) is 0 Å². The lowest BCUT2D eigenvalue weighted by molar-refractivity contribution is -0.126. The van der Waals surface area contributed by atoms with E-state index in [9.17, 15) is 4.79 Å². The second-order valence-electron chi connectivity index (χ2n) is 8.44.